The Kier molecular flexibility index (Phi) is 6.15. The third-order valence-electron chi connectivity index (χ3n) is 5.54. The van der Waals surface area contributed by atoms with Crippen LogP contribution in [0.1, 0.15) is 38.7 Å². The number of hydrogen-bond acceptors (Lipinski definition) is 5. The van der Waals surface area contributed by atoms with Gasteiger partial charge in [-0.1, -0.05) is 41.9 Å². The number of carbonyl (C=O) groups excluding carboxylic acids is 1. The van der Waals surface area contributed by atoms with Crippen LogP contribution in [0.4, 0.5) is 5.13 Å². The van der Waals surface area contributed by atoms with Crippen LogP contribution in [0.15, 0.2) is 51.5 Å². The summed E-state index contributed by atoms with van der Waals surface area (Å²) in [7, 11) is 0. The second-order valence-corrected chi connectivity index (χ2v) is 9.66. The van der Waals surface area contributed by atoms with Gasteiger partial charge in [-0.25, -0.2) is 4.98 Å². The van der Waals surface area contributed by atoms with Crippen molar-refractivity contribution in [3.05, 3.63) is 52.1 Å². The largest absolute Gasteiger partial charge is 0.350 e. The summed E-state index contributed by atoms with van der Waals surface area (Å²) in [5.41, 5.74) is 3.51. The van der Waals surface area contributed by atoms with Crippen LogP contribution >= 0.6 is 27.3 Å². The maximum absolute atomic E-state index is 13.4. The number of allylic oxidation sites excluding steroid dienone is 1. The van der Waals surface area contributed by atoms with E-state index in [4.69, 9.17) is 4.99 Å². The molecule has 1 saturated heterocycles. The number of rotatable bonds is 6. The molecule has 2 aliphatic rings. The van der Waals surface area contributed by atoms with Gasteiger partial charge in [0, 0.05) is 40.9 Å². The molecule has 0 unspecified atom stereocenters. The van der Waals surface area contributed by atoms with Crippen LogP contribution in [-0.4, -0.2) is 40.1 Å². The van der Waals surface area contributed by atoms with Crippen LogP contribution in [-0.2, 0) is 4.79 Å². The van der Waals surface area contributed by atoms with Crippen molar-refractivity contribution in [1.29, 1.82) is 0 Å². The van der Waals surface area contributed by atoms with Crippen molar-refractivity contribution in [1.82, 2.24) is 9.88 Å². The predicted octanol–water partition coefficient (Wildman–Crippen LogP) is 5.22. The van der Waals surface area contributed by atoms with Crippen LogP contribution in [0.3, 0.4) is 0 Å². The Morgan fingerprint density at radius 1 is 1.31 bits per heavy atom. The van der Waals surface area contributed by atoms with Crippen molar-refractivity contribution >= 4 is 49.6 Å². The summed E-state index contributed by atoms with van der Waals surface area (Å²) in [5.74, 6) is 0.326. The minimum Gasteiger partial charge on any atom is -0.350 e. The van der Waals surface area contributed by atoms with Gasteiger partial charge in [-0.05, 0) is 42.0 Å². The first-order chi connectivity index (χ1) is 14.0. The van der Waals surface area contributed by atoms with E-state index in [0.717, 1.165) is 41.1 Å². The van der Waals surface area contributed by atoms with Crippen LogP contribution < -0.4 is 5.32 Å². The summed E-state index contributed by atoms with van der Waals surface area (Å²) in [6, 6.07) is 8.14. The van der Waals surface area contributed by atoms with Gasteiger partial charge in [0.25, 0.3) is 0 Å². The molecule has 2 atom stereocenters. The first-order valence-corrected chi connectivity index (χ1v) is 11.7. The average Bonchev–Trinajstić information content (AvgIpc) is 3.47. The number of aliphatic imine (C=N–C) groups is 1. The molecule has 152 valence electrons. The van der Waals surface area contributed by atoms with E-state index in [1.807, 2.05) is 16.5 Å². The summed E-state index contributed by atoms with van der Waals surface area (Å²) in [6.07, 6.45) is 6.53. The van der Waals surface area contributed by atoms with Gasteiger partial charge in [-0.15, -0.1) is 11.3 Å². The van der Waals surface area contributed by atoms with Gasteiger partial charge in [-0.3, -0.25) is 9.79 Å². The molecule has 2 aromatic rings. The fraction of sp³-hybridized carbons (Fsp3) is 0.409. The lowest BCUT2D eigenvalue weighted by atomic mass is 9.97. The molecular formula is C22H25BrN4OS. The van der Waals surface area contributed by atoms with E-state index < -0.39 is 0 Å². The molecular weight excluding hydrogens is 448 g/mol. The minimum absolute atomic E-state index is 0.0889. The van der Waals surface area contributed by atoms with Crippen molar-refractivity contribution in [3.8, 4) is 0 Å². The minimum atomic E-state index is -0.275. The molecule has 7 heteroatoms. The Morgan fingerprint density at radius 2 is 2.10 bits per heavy atom. The molecule has 0 saturated carbocycles. The number of nitrogens with one attached hydrogen (secondary N) is 1. The summed E-state index contributed by atoms with van der Waals surface area (Å²) >= 11 is 5.01. The molecule has 0 bridgehead atoms. The number of amides is 1. The normalized spacial score (nSPS) is 20.0. The fourth-order valence-corrected chi connectivity index (χ4v) is 4.82. The molecule has 2 aliphatic heterocycles. The number of thiazole rings is 1. The van der Waals surface area contributed by atoms with E-state index in [1.165, 1.54) is 22.5 Å². The Hall–Kier alpha value is -1.99. The van der Waals surface area contributed by atoms with Crippen molar-refractivity contribution < 1.29 is 4.79 Å². The van der Waals surface area contributed by atoms with Crippen molar-refractivity contribution in [2.75, 3.05) is 11.9 Å². The highest BCUT2D eigenvalue weighted by atomic mass is 79.9. The van der Waals surface area contributed by atoms with Crippen molar-refractivity contribution in [2.45, 2.75) is 45.2 Å². The lowest BCUT2D eigenvalue weighted by molar-refractivity contribution is -0.132. The zero-order chi connectivity index (χ0) is 20.4. The number of carbonyl (C=O) groups is 1. The Morgan fingerprint density at radius 3 is 2.79 bits per heavy atom. The van der Waals surface area contributed by atoms with E-state index >= 15 is 0 Å². The molecule has 0 radical (unpaired) electrons. The monoisotopic (exact) mass is 472 g/mol. The molecule has 0 spiro atoms. The molecule has 1 fully saturated rings. The Balaban J connectivity index is 1.46. The van der Waals surface area contributed by atoms with Crippen LogP contribution in [0.5, 0.6) is 0 Å². The lowest BCUT2D eigenvalue weighted by Gasteiger charge is -2.31. The first-order valence-electron chi connectivity index (χ1n) is 10.0. The van der Waals surface area contributed by atoms with Gasteiger partial charge in [-0.2, -0.15) is 0 Å². The van der Waals surface area contributed by atoms with E-state index in [9.17, 15) is 4.79 Å². The van der Waals surface area contributed by atoms with Crippen LogP contribution in [0, 0.1) is 5.92 Å². The zero-order valence-corrected chi connectivity index (χ0v) is 19.0. The third kappa shape index (κ3) is 4.46. The molecule has 3 heterocycles. The molecule has 1 aromatic heterocycles. The van der Waals surface area contributed by atoms with Gasteiger partial charge < -0.3 is 10.2 Å². The molecule has 4 rings (SSSR count). The molecule has 1 aromatic carbocycles. The van der Waals surface area contributed by atoms with Gasteiger partial charge in [0.2, 0.25) is 5.91 Å². The van der Waals surface area contributed by atoms with Gasteiger partial charge in [0.05, 0.1) is 6.04 Å². The van der Waals surface area contributed by atoms with E-state index in [0.29, 0.717) is 0 Å². The highest BCUT2D eigenvalue weighted by Crippen LogP contribution is 2.31. The van der Waals surface area contributed by atoms with E-state index in [2.05, 4.69) is 64.3 Å². The van der Waals surface area contributed by atoms with E-state index in [1.54, 1.807) is 6.20 Å². The maximum atomic E-state index is 13.4. The smallest absolute Gasteiger partial charge is 0.245 e. The number of halogens is 1. The van der Waals surface area contributed by atoms with Gasteiger partial charge in [0.15, 0.2) is 5.13 Å². The first kappa shape index (κ1) is 20.3. The van der Waals surface area contributed by atoms with Crippen molar-refractivity contribution in [2.24, 2.45) is 10.9 Å². The molecule has 0 aliphatic carbocycles. The fourth-order valence-electron chi connectivity index (χ4n) is 3.99. The Labute approximate surface area is 184 Å². The lowest BCUT2D eigenvalue weighted by Crippen LogP contribution is -2.49. The molecule has 1 N–H and O–H groups in total. The standard InChI is InChI=1S/C22H25BrN4OS/c1-14(2)20(26-22-24-9-11-29-22)21(28)27-10-3-4-19(27)18-12-16(13-25-18)15-5-7-17(23)8-6-15/h5-9,11,13-14,19-20H,3-4,10,12H2,1-2H3,(H,24,26)/t19-,20-/m0/s1. The number of likely N-dealkylation sites (tertiary alicyclic amines) is 1. The Bertz CT molecular complexity index is 921. The second kappa shape index (κ2) is 8.79. The average molecular weight is 473 g/mol. The highest BCUT2D eigenvalue weighted by molar-refractivity contribution is 9.10. The summed E-state index contributed by atoms with van der Waals surface area (Å²) in [4.78, 5) is 24.5. The number of hydrogen-bond donors (Lipinski definition) is 1. The number of aromatic nitrogens is 1. The number of nitrogens with zero attached hydrogens (tertiary/aromatic N) is 3. The van der Waals surface area contributed by atoms with Crippen LogP contribution in [0.2, 0.25) is 0 Å². The highest BCUT2D eigenvalue weighted by Gasteiger charge is 2.37. The molecule has 29 heavy (non-hydrogen) atoms. The quantitative estimate of drug-likeness (QED) is 0.626. The van der Waals surface area contributed by atoms with E-state index in [-0.39, 0.29) is 23.9 Å². The zero-order valence-electron chi connectivity index (χ0n) is 16.6. The number of anilines is 1. The van der Waals surface area contributed by atoms with Gasteiger partial charge >= 0.3 is 0 Å². The molecule has 5 nitrogen and oxygen atoms in total. The topological polar surface area (TPSA) is 57.6 Å². The maximum Gasteiger partial charge on any atom is 0.245 e. The molecule has 1 amide bonds. The summed E-state index contributed by atoms with van der Waals surface area (Å²) in [6.45, 7) is 4.95. The SMILES string of the molecule is CC(C)[C@H](Nc1nccs1)C(=O)N1CCC[C@H]1C1=NC=C(c2ccc(Br)cc2)C1. The van der Waals surface area contributed by atoms with Crippen LogP contribution in [0.25, 0.3) is 5.57 Å². The summed E-state index contributed by atoms with van der Waals surface area (Å²) < 4.78 is 1.07. The van der Waals surface area contributed by atoms with Crippen molar-refractivity contribution in [3.63, 3.8) is 0 Å². The summed E-state index contributed by atoms with van der Waals surface area (Å²) in [5, 5.41) is 6.06. The van der Waals surface area contributed by atoms with Gasteiger partial charge in [0.1, 0.15) is 6.04 Å². The predicted molar refractivity (Wildman–Crippen MR) is 123 cm³/mol. The third-order valence-corrected chi connectivity index (χ3v) is 6.77. The second-order valence-electron chi connectivity index (χ2n) is 7.85. The number of benzene rings is 1.